The number of carbonyl (C=O) groups is 4. The summed E-state index contributed by atoms with van der Waals surface area (Å²) >= 11 is 0. The molecule has 0 unspecified atom stereocenters. The van der Waals surface area contributed by atoms with Gasteiger partial charge in [0, 0.05) is 5.69 Å². The van der Waals surface area contributed by atoms with Gasteiger partial charge in [-0.25, -0.2) is 9.59 Å². The summed E-state index contributed by atoms with van der Waals surface area (Å²) < 4.78 is 9.24. The first kappa shape index (κ1) is 18.7. The lowest BCUT2D eigenvalue weighted by molar-refractivity contribution is -0.133. The maximum absolute atomic E-state index is 12.1. The first-order chi connectivity index (χ1) is 12.5. The molecule has 0 aliphatic heterocycles. The Hall–Kier alpha value is -3.68. The van der Waals surface area contributed by atoms with E-state index in [1.165, 1.54) is 32.4 Å². The van der Waals surface area contributed by atoms with E-state index in [2.05, 4.69) is 20.1 Å². The maximum Gasteiger partial charge on any atom is 0.339 e. The van der Waals surface area contributed by atoms with Gasteiger partial charge in [0.05, 0.1) is 31.0 Å². The SMILES string of the molecule is COC(=O)c1ccc(C(=O)OC)c(NC(=O)C(=O)Nc2ccccc2)c1. The zero-order valence-corrected chi connectivity index (χ0v) is 14.1. The highest BCUT2D eigenvalue weighted by atomic mass is 16.5. The van der Waals surface area contributed by atoms with Crippen LogP contribution in [-0.4, -0.2) is 38.0 Å². The minimum atomic E-state index is -1.01. The Morgan fingerprint density at radius 2 is 1.38 bits per heavy atom. The van der Waals surface area contributed by atoms with Gasteiger partial charge < -0.3 is 20.1 Å². The second kappa shape index (κ2) is 8.43. The number of hydrogen-bond acceptors (Lipinski definition) is 6. The van der Waals surface area contributed by atoms with E-state index in [0.717, 1.165) is 0 Å². The molecule has 0 heterocycles. The predicted octanol–water partition coefficient (Wildman–Crippen LogP) is 1.84. The number of methoxy groups -OCH3 is 2. The molecule has 2 N–H and O–H groups in total. The number of hydrogen-bond donors (Lipinski definition) is 2. The highest BCUT2D eigenvalue weighted by molar-refractivity contribution is 6.44. The van der Waals surface area contributed by atoms with Gasteiger partial charge in [0.25, 0.3) is 0 Å². The fourth-order valence-corrected chi connectivity index (χ4v) is 2.07. The lowest BCUT2D eigenvalue weighted by Crippen LogP contribution is -2.30. The molecule has 2 amide bonds. The Labute approximate surface area is 149 Å². The van der Waals surface area contributed by atoms with Gasteiger partial charge in [0.15, 0.2) is 0 Å². The molecule has 8 nitrogen and oxygen atoms in total. The van der Waals surface area contributed by atoms with E-state index >= 15 is 0 Å². The van der Waals surface area contributed by atoms with Crippen molar-refractivity contribution in [2.24, 2.45) is 0 Å². The molecule has 0 fully saturated rings. The number of anilines is 2. The van der Waals surface area contributed by atoms with E-state index in [4.69, 9.17) is 0 Å². The summed E-state index contributed by atoms with van der Waals surface area (Å²) in [5.74, 6) is -3.35. The predicted molar refractivity (Wildman–Crippen MR) is 92.8 cm³/mol. The van der Waals surface area contributed by atoms with Crippen LogP contribution < -0.4 is 10.6 Å². The summed E-state index contributed by atoms with van der Waals surface area (Å²) in [6.45, 7) is 0. The molecule has 0 aliphatic carbocycles. The first-order valence-electron chi connectivity index (χ1n) is 7.44. The van der Waals surface area contributed by atoms with Gasteiger partial charge in [-0.1, -0.05) is 18.2 Å². The van der Waals surface area contributed by atoms with E-state index < -0.39 is 23.8 Å². The van der Waals surface area contributed by atoms with Crippen molar-refractivity contribution in [3.05, 3.63) is 59.7 Å². The highest BCUT2D eigenvalue weighted by Crippen LogP contribution is 2.20. The van der Waals surface area contributed by atoms with Gasteiger partial charge in [-0.2, -0.15) is 0 Å². The third kappa shape index (κ3) is 4.44. The quantitative estimate of drug-likeness (QED) is 0.639. The van der Waals surface area contributed by atoms with E-state index in [0.29, 0.717) is 5.69 Å². The van der Waals surface area contributed by atoms with Crippen LogP contribution in [0.15, 0.2) is 48.5 Å². The molecule has 0 aromatic heterocycles. The van der Waals surface area contributed by atoms with E-state index in [-0.39, 0.29) is 16.8 Å². The molecular formula is C18H16N2O6. The van der Waals surface area contributed by atoms with Crippen molar-refractivity contribution in [2.75, 3.05) is 24.9 Å². The van der Waals surface area contributed by atoms with Crippen LogP contribution in [0.4, 0.5) is 11.4 Å². The van der Waals surface area contributed by atoms with Crippen LogP contribution in [0.5, 0.6) is 0 Å². The number of ether oxygens (including phenoxy) is 2. The monoisotopic (exact) mass is 356 g/mol. The fourth-order valence-electron chi connectivity index (χ4n) is 2.07. The molecule has 8 heteroatoms. The Bertz CT molecular complexity index is 848. The number of nitrogens with one attached hydrogen (secondary N) is 2. The Morgan fingerprint density at radius 1 is 0.769 bits per heavy atom. The molecular weight excluding hydrogens is 340 g/mol. The number of rotatable bonds is 4. The van der Waals surface area contributed by atoms with Gasteiger partial charge >= 0.3 is 23.8 Å². The van der Waals surface area contributed by atoms with Crippen molar-refractivity contribution >= 4 is 35.1 Å². The number of carbonyl (C=O) groups excluding carboxylic acids is 4. The normalized spacial score (nSPS) is 9.77. The third-order valence-corrected chi connectivity index (χ3v) is 3.33. The zero-order valence-electron chi connectivity index (χ0n) is 14.1. The number of amides is 2. The minimum Gasteiger partial charge on any atom is -0.465 e. The van der Waals surface area contributed by atoms with E-state index in [1.807, 2.05) is 0 Å². The van der Waals surface area contributed by atoms with Crippen LogP contribution >= 0.6 is 0 Å². The van der Waals surface area contributed by atoms with Gasteiger partial charge in [0.1, 0.15) is 0 Å². The van der Waals surface area contributed by atoms with Gasteiger partial charge in [0.2, 0.25) is 0 Å². The summed E-state index contributed by atoms with van der Waals surface area (Å²) in [6.07, 6.45) is 0. The first-order valence-corrected chi connectivity index (χ1v) is 7.44. The molecule has 0 aliphatic rings. The molecule has 134 valence electrons. The maximum atomic E-state index is 12.1. The number of benzene rings is 2. The fraction of sp³-hybridized carbons (Fsp3) is 0.111. The molecule has 2 aromatic rings. The van der Waals surface area contributed by atoms with Crippen molar-refractivity contribution in [1.29, 1.82) is 0 Å². The Balaban J connectivity index is 2.24. The second-order valence-electron chi connectivity index (χ2n) is 5.02. The lowest BCUT2D eigenvalue weighted by Gasteiger charge is -2.11. The van der Waals surface area contributed by atoms with Crippen LogP contribution in [0.1, 0.15) is 20.7 Å². The smallest absolute Gasteiger partial charge is 0.339 e. The summed E-state index contributed by atoms with van der Waals surface area (Å²) in [4.78, 5) is 47.6. The number of para-hydroxylation sites is 1. The highest BCUT2D eigenvalue weighted by Gasteiger charge is 2.20. The summed E-state index contributed by atoms with van der Waals surface area (Å²) in [5, 5.41) is 4.72. The molecule has 0 atom stereocenters. The van der Waals surface area contributed by atoms with Crippen molar-refractivity contribution in [2.45, 2.75) is 0 Å². The van der Waals surface area contributed by atoms with Crippen LogP contribution in [0.2, 0.25) is 0 Å². The van der Waals surface area contributed by atoms with Crippen molar-refractivity contribution < 1.29 is 28.7 Å². The minimum absolute atomic E-state index is 0.0129. The summed E-state index contributed by atoms with van der Waals surface area (Å²) in [6, 6.07) is 12.3. The zero-order chi connectivity index (χ0) is 19.1. The molecule has 2 aromatic carbocycles. The Morgan fingerprint density at radius 3 is 2.00 bits per heavy atom. The lowest BCUT2D eigenvalue weighted by atomic mass is 10.1. The largest absolute Gasteiger partial charge is 0.465 e. The van der Waals surface area contributed by atoms with E-state index in [1.54, 1.807) is 30.3 Å². The Kier molecular flexibility index (Phi) is 6.05. The summed E-state index contributed by atoms with van der Waals surface area (Å²) in [5.41, 5.74) is 0.469. The standard InChI is InChI=1S/C18H16N2O6/c1-25-17(23)11-8-9-13(18(24)26-2)14(10-11)20-16(22)15(21)19-12-6-4-3-5-7-12/h3-10H,1-2H3,(H,19,21)(H,20,22). The second-order valence-corrected chi connectivity index (χ2v) is 5.02. The molecule has 2 rings (SSSR count). The molecule has 0 radical (unpaired) electrons. The summed E-state index contributed by atoms with van der Waals surface area (Å²) in [7, 11) is 2.37. The van der Waals surface area contributed by atoms with Gasteiger partial charge in [-0.15, -0.1) is 0 Å². The van der Waals surface area contributed by atoms with Crippen molar-refractivity contribution in [3.63, 3.8) is 0 Å². The topological polar surface area (TPSA) is 111 Å². The van der Waals surface area contributed by atoms with Crippen LogP contribution in [0.25, 0.3) is 0 Å². The van der Waals surface area contributed by atoms with E-state index in [9.17, 15) is 19.2 Å². The third-order valence-electron chi connectivity index (χ3n) is 3.33. The molecule has 26 heavy (non-hydrogen) atoms. The molecule has 0 spiro atoms. The molecule has 0 saturated carbocycles. The van der Waals surface area contributed by atoms with Crippen LogP contribution in [0, 0.1) is 0 Å². The van der Waals surface area contributed by atoms with Gasteiger partial charge in [-0.3, -0.25) is 9.59 Å². The molecule has 0 saturated heterocycles. The molecule has 0 bridgehead atoms. The average Bonchev–Trinajstić information content (AvgIpc) is 2.67. The van der Waals surface area contributed by atoms with Crippen LogP contribution in [-0.2, 0) is 19.1 Å². The average molecular weight is 356 g/mol. The van der Waals surface area contributed by atoms with Crippen molar-refractivity contribution in [1.82, 2.24) is 0 Å². The van der Waals surface area contributed by atoms with Crippen LogP contribution in [0.3, 0.4) is 0 Å². The van der Waals surface area contributed by atoms with Gasteiger partial charge in [-0.05, 0) is 30.3 Å². The van der Waals surface area contributed by atoms with Crippen molar-refractivity contribution in [3.8, 4) is 0 Å². The number of esters is 2.